The van der Waals surface area contributed by atoms with Crippen molar-refractivity contribution in [1.82, 2.24) is 20.0 Å². The predicted molar refractivity (Wildman–Crippen MR) is 98.4 cm³/mol. The summed E-state index contributed by atoms with van der Waals surface area (Å²) in [5.41, 5.74) is 3.66. The van der Waals surface area contributed by atoms with E-state index in [-0.39, 0.29) is 5.91 Å². The molecule has 4 rings (SSSR count). The van der Waals surface area contributed by atoms with E-state index in [2.05, 4.69) is 20.5 Å². The molecule has 25 heavy (non-hydrogen) atoms. The van der Waals surface area contributed by atoms with Crippen molar-refractivity contribution in [3.63, 3.8) is 0 Å². The Morgan fingerprint density at radius 3 is 2.60 bits per heavy atom. The summed E-state index contributed by atoms with van der Waals surface area (Å²) in [6.07, 6.45) is 0. The molecule has 2 heterocycles. The Kier molecular flexibility index (Phi) is 3.77. The van der Waals surface area contributed by atoms with Crippen LogP contribution in [0.5, 0.6) is 0 Å². The third kappa shape index (κ3) is 2.89. The summed E-state index contributed by atoms with van der Waals surface area (Å²) in [6, 6.07) is 15.5. The summed E-state index contributed by atoms with van der Waals surface area (Å²) in [7, 11) is 0. The molecule has 7 heteroatoms. The summed E-state index contributed by atoms with van der Waals surface area (Å²) in [4.78, 5) is 18.6. The van der Waals surface area contributed by atoms with Crippen LogP contribution >= 0.6 is 11.3 Å². The molecule has 0 spiro atoms. The zero-order chi connectivity index (χ0) is 17.4. The summed E-state index contributed by atoms with van der Waals surface area (Å²) < 4.78 is 1.04. The fourth-order valence-electron chi connectivity index (χ4n) is 2.56. The van der Waals surface area contributed by atoms with Gasteiger partial charge in [0.25, 0.3) is 5.91 Å². The third-order valence-electron chi connectivity index (χ3n) is 3.83. The van der Waals surface area contributed by atoms with Gasteiger partial charge in [0.1, 0.15) is 0 Å². The molecule has 6 nitrogen and oxygen atoms in total. The molecule has 124 valence electrons. The highest BCUT2D eigenvalue weighted by atomic mass is 32.1. The maximum Gasteiger partial charge on any atom is 0.279 e. The van der Waals surface area contributed by atoms with Crippen LogP contribution in [0, 0.1) is 13.8 Å². The maximum absolute atomic E-state index is 12.6. The molecule has 0 radical (unpaired) electrons. The number of aryl methyl sites for hydroxylation is 2. The van der Waals surface area contributed by atoms with Crippen LogP contribution in [0.2, 0.25) is 0 Å². The Bertz CT molecular complexity index is 1070. The molecule has 0 aliphatic rings. The molecular formula is C18H15N5OS. The average molecular weight is 349 g/mol. The van der Waals surface area contributed by atoms with Crippen LogP contribution in [0.1, 0.15) is 21.7 Å². The number of rotatable bonds is 3. The van der Waals surface area contributed by atoms with Gasteiger partial charge in [0.2, 0.25) is 0 Å². The second-order valence-electron chi connectivity index (χ2n) is 5.65. The number of hydrogen-bond acceptors (Lipinski definition) is 5. The highest BCUT2D eigenvalue weighted by Gasteiger charge is 2.18. The van der Waals surface area contributed by atoms with Gasteiger partial charge in [-0.05, 0) is 37.6 Å². The Balaban J connectivity index is 1.62. The minimum absolute atomic E-state index is 0.292. The number of para-hydroxylation sites is 2. The van der Waals surface area contributed by atoms with E-state index in [0.29, 0.717) is 16.5 Å². The van der Waals surface area contributed by atoms with E-state index in [1.165, 1.54) is 16.1 Å². The van der Waals surface area contributed by atoms with Crippen molar-refractivity contribution in [2.75, 3.05) is 5.32 Å². The van der Waals surface area contributed by atoms with Crippen molar-refractivity contribution in [2.45, 2.75) is 13.8 Å². The first-order valence-corrected chi connectivity index (χ1v) is 8.60. The number of amides is 1. The van der Waals surface area contributed by atoms with Crippen molar-refractivity contribution < 1.29 is 4.79 Å². The number of aromatic nitrogens is 4. The van der Waals surface area contributed by atoms with Crippen LogP contribution in [0.3, 0.4) is 0 Å². The first kappa shape index (κ1) is 15.5. The monoisotopic (exact) mass is 349 g/mol. The lowest BCUT2D eigenvalue weighted by Crippen LogP contribution is -2.14. The number of anilines is 1. The van der Waals surface area contributed by atoms with E-state index in [9.17, 15) is 4.79 Å². The van der Waals surface area contributed by atoms with Gasteiger partial charge in [-0.2, -0.15) is 9.90 Å². The number of hydrogen-bond donors (Lipinski definition) is 1. The summed E-state index contributed by atoms with van der Waals surface area (Å²) >= 11 is 1.45. The van der Waals surface area contributed by atoms with E-state index < -0.39 is 0 Å². The molecule has 0 saturated carbocycles. The van der Waals surface area contributed by atoms with Crippen molar-refractivity contribution in [2.24, 2.45) is 0 Å². The number of nitrogens with one attached hydrogen (secondary N) is 1. The molecule has 2 aromatic heterocycles. The van der Waals surface area contributed by atoms with E-state index in [1.807, 2.05) is 55.5 Å². The van der Waals surface area contributed by atoms with Crippen LogP contribution in [0.4, 0.5) is 5.13 Å². The molecule has 1 N–H and O–H groups in total. The SMILES string of the molecule is Cc1nn(-c2ccccc2)nc1C(=O)Nc1nc2c(C)cccc2s1. The minimum Gasteiger partial charge on any atom is -0.296 e. The van der Waals surface area contributed by atoms with Crippen molar-refractivity contribution in [1.29, 1.82) is 0 Å². The molecular weight excluding hydrogens is 334 g/mol. The van der Waals surface area contributed by atoms with E-state index in [0.717, 1.165) is 21.5 Å². The first-order valence-electron chi connectivity index (χ1n) is 7.79. The number of nitrogens with zero attached hydrogens (tertiary/aromatic N) is 4. The minimum atomic E-state index is -0.309. The molecule has 0 bridgehead atoms. The number of thiazole rings is 1. The molecule has 0 fully saturated rings. The van der Waals surface area contributed by atoms with Gasteiger partial charge in [-0.1, -0.05) is 41.7 Å². The Hall–Kier alpha value is -3.06. The summed E-state index contributed by atoms with van der Waals surface area (Å²) in [5, 5.41) is 12.0. The standard InChI is InChI=1S/C18H15N5OS/c1-11-7-6-10-14-15(11)19-18(25-14)20-17(24)16-12(2)21-23(22-16)13-8-4-3-5-9-13/h3-10H,1-2H3,(H,19,20,24). The Morgan fingerprint density at radius 1 is 1.04 bits per heavy atom. The van der Waals surface area contributed by atoms with Crippen LogP contribution < -0.4 is 5.32 Å². The molecule has 0 unspecified atom stereocenters. The zero-order valence-corrected chi connectivity index (χ0v) is 14.5. The van der Waals surface area contributed by atoms with Gasteiger partial charge in [0.15, 0.2) is 10.8 Å². The lowest BCUT2D eigenvalue weighted by molar-refractivity contribution is 0.102. The number of benzene rings is 2. The third-order valence-corrected chi connectivity index (χ3v) is 4.76. The molecule has 0 atom stereocenters. The van der Waals surface area contributed by atoms with E-state index in [1.54, 1.807) is 6.92 Å². The fourth-order valence-corrected chi connectivity index (χ4v) is 3.50. The highest BCUT2D eigenvalue weighted by molar-refractivity contribution is 7.22. The Labute approximate surface area is 148 Å². The Morgan fingerprint density at radius 2 is 1.84 bits per heavy atom. The largest absolute Gasteiger partial charge is 0.296 e. The maximum atomic E-state index is 12.6. The van der Waals surface area contributed by atoms with Crippen LogP contribution in [-0.4, -0.2) is 25.9 Å². The lowest BCUT2D eigenvalue weighted by atomic mass is 10.2. The second-order valence-corrected chi connectivity index (χ2v) is 6.68. The zero-order valence-electron chi connectivity index (χ0n) is 13.7. The normalized spacial score (nSPS) is 11.0. The number of carbonyl (C=O) groups excluding carboxylic acids is 1. The summed E-state index contributed by atoms with van der Waals surface area (Å²) in [6.45, 7) is 3.77. The molecule has 0 aliphatic heterocycles. The molecule has 4 aromatic rings. The van der Waals surface area contributed by atoms with Gasteiger partial charge >= 0.3 is 0 Å². The molecule has 0 aliphatic carbocycles. The van der Waals surface area contributed by atoms with Crippen LogP contribution in [0.25, 0.3) is 15.9 Å². The smallest absolute Gasteiger partial charge is 0.279 e. The molecule has 1 amide bonds. The molecule has 0 saturated heterocycles. The number of fused-ring (bicyclic) bond motifs is 1. The highest BCUT2D eigenvalue weighted by Crippen LogP contribution is 2.28. The van der Waals surface area contributed by atoms with Crippen molar-refractivity contribution in [3.05, 3.63) is 65.5 Å². The van der Waals surface area contributed by atoms with E-state index >= 15 is 0 Å². The predicted octanol–water partition coefficient (Wildman–Crippen LogP) is 3.75. The topological polar surface area (TPSA) is 72.7 Å². The fraction of sp³-hybridized carbons (Fsp3) is 0.111. The van der Waals surface area contributed by atoms with Gasteiger partial charge in [0.05, 0.1) is 21.6 Å². The van der Waals surface area contributed by atoms with Crippen molar-refractivity contribution >= 4 is 32.6 Å². The second kappa shape index (κ2) is 6.10. The van der Waals surface area contributed by atoms with Gasteiger partial charge < -0.3 is 0 Å². The average Bonchev–Trinajstić information content (AvgIpc) is 3.20. The molecule has 2 aromatic carbocycles. The van der Waals surface area contributed by atoms with Gasteiger partial charge in [-0.15, -0.1) is 5.10 Å². The van der Waals surface area contributed by atoms with Gasteiger partial charge in [-0.3, -0.25) is 10.1 Å². The van der Waals surface area contributed by atoms with Gasteiger partial charge in [-0.25, -0.2) is 4.98 Å². The van der Waals surface area contributed by atoms with Crippen LogP contribution in [0.15, 0.2) is 48.5 Å². The summed E-state index contributed by atoms with van der Waals surface area (Å²) in [5.74, 6) is -0.309. The van der Waals surface area contributed by atoms with Gasteiger partial charge in [0, 0.05) is 0 Å². The van der Waals surface area contributed by atoms with Crippen LogP contribution in [-0.2, 0) is 0 Å². The first-order chi connectivity index (χ1) is 12.1. The van der Waals surface area contributed by atoms with E-state index in [4.69, 9.17) is 0 Å². The van der Waals surface area contributed by atoms with Crippen molar-refractivity contribution in [3.8, 4) is 5.69 Å². The number of carbonyl (C=O) groups is 1. The lowest BCUT2D eigenvalue weighted by Gasteiger charge is -1.98. The quantitative estimate of drug-likeness (QED) is 0.611.